The lowest BCUT2D eigenvalue weighted by Crippen LogP contribution is -1.87. The molecule has 0 atom stereocenters. The van der Waals surface area contributed by atoms with Crippen LogP contribution in [0.3, 0.4) is 0 Å². The molecule has 2 nitrogen and oxygen atoms in total. The lowest BCUT2D eigenvalue weighted by molar-refractivity contribution is 0.628. The zero-order chi connectivity index (χ0) is 11.4. The Balaban J connectivity index is 2.15. The Kier molecular flexibility index (Phi) is 3.34. The number of aromatic amines is 1. The number of aryl methyl sites for hydroxylation is 1. The zero-order valence-electron chi connectivity index (χ0n) is 9.33. The molecule has 0 spiro atoms. The van der Waals surface area contributed by atoms with E-state index in [4.69, 9.17) is 0 Å². The van der Waals surface area contributed by atoms with Crippen molar-refractivity contribution in [2.75, 3.05) is 0 Å². The number of nitrogens with zero attached hydrogens (tertiary/aromatic N) is 1. The summed E-state index contributed by atoms with van der Waals surface area (Å²) in [5.74, 6) is 0.784. The number of rotatable bonds is 4. The van der Waals surface area contributed by atoms with Crippen LogP contribution in [0.15, 0.2) is 30.5 Å². The Labute approximate surface area is 94.5 Å². The normalized spacial score (nSPS) is 10.6. The molecule has 1 N–H and O–H groups in total. The molecular formula is C13H15FN2. The van der Waals surface area contributed by atoms with E-state index in [1.54, 1.807) is 12.1 Å². The van der Waals surface area contributed by atoms with Gasteiger partial charge in [-0.25, -0.2) is 9.37 Å². The molecule has 0 aliphatic rings. The van der Waals surface area contributed by atoms with Crippen LogP contribution in [0.4, 0.5) is 4.39 Å². The fourth-order valence-electron chi connectivity index (χ4n) is 1.60. The van der Waals surface area contributed by atoms with Crippen LogP contribution >= 0.6 is 0 Å². The predicted molar refractivity (Wildman–Crippen MR) is 62.6 cm³/mol. The summed E-state index contributed by atoms with van der Waals surface area (Å²) in [6, 6.07) is 6.40. The maximum atomic E-state index is 12.7. The third-order valence-corrected chi connectivity index (χ3v) is 2.54. The second-order valence-corrected chi connectivity index (χ2v) is 3.84. The largest absolute Gasteiger partial charge is 0.348 e. The molecule has 1 heterocycles. The molecule has 3 heteroatoms. The quantitative estimate of drug-likeness (QED) is 0.835. The summed E-state index contributed by atoms with van der Waals surface area (Å²) in [7, 11) is 0. The first kappa shape index (κ1) is 10.9. The Morgan fingerprint density at radius 2 is 2.00 bits per heavy atom. The van der Waals surface area contributed by atoms with E-state index in [2.05, 4.69) is 16.9 Å². The highest BCUT2D eigenvalue weighted by Crippen LogP contribution is 2.17. The molecule has 1 aromatic carbocycles. The van der Waals surface area contributed by atoms with Crippen molar-refractivity contribution in [2.45, 2.75) is 26.2 Å². The number of unbranched alkanes of at least 4 members (excludes halogenated alkanes) is 1. The summed E-state index contributed by atoms with van der Waals surface area (Å²) < 4.78 is 12.7. The van der Waals surface area contributed by atoms with Crippen LogP contribution in [-0.4, -0.2) is 9.97 Å². The Hall–Kier alpha value is -1.64. The van der Waals surface area contributed by atoms with E-state index in [9.17, 15) is 4.39 Å². The van der Waals surface area contributed by atoms with Crippen molar-refractivity contribution in [1.82, 2.24) is 9.97 Å². The van der Waals surface area contributed by atoms with Crippen LogP contribution in [0.5, 0.6) is 0 Å². The van der Waals surface area contributed by atoms with E-state index in [0.29, 0.717) is 0 Å². The van der Waals surface area contributed by atoms with Gasteiger partial charge in [-0.15, -0.1) is 0 Å². The Bertz CT molecular complexity index is 445. The smallest absolute Gasteiger partial charge is 0.123 e. The molecule has 84 valence electrons. The lowest BCUT2D eigenvalue weighted by atomic mass is 10.2. The molecule has 16 heavy (non-hydrogen) atoms. The van der Waals surface area contributed by atoms with Crippen molar-refractivity contribution in [1.29, 1.82) is 0 Å². The first-order valence-electron chi connectivity index (χ1n) is 5.60. The van der Waals surface area contributed by atoms with Crippen LogP contribution in [-0.2, 0) is 6.42 Å². The van der Waals surface area contributed by atoms with E-state index in [0.717, 1.165) is 36.3 Å². The van der Waals surface area contributed by atoms with Gasteiger partial charge in [0.25, 0.3) is 0 Å². The molecule has 0 aliphatic heterocycles. The molecule has 0 saturated heterocycles. The number of nitrogens with one attached hydrogen (secondary N) is 1. The number of H-pyrrole nitrogens is 1. The van der Waals surface area contributed by atoms with Gasteiger partial charge in [-0.3, -0.25) is 0 Å². The fraction of sp³-hybridized carbons (Fsp3) is 0.308. The molecule has 0 unspecified atom stereocenters. The first-order valence-corrected chi connectivity index (χ1v) is 5.60. The minimum atomic E-state index is -0.217. The predicted octanol–water partition coefficient (Wildman–Crippen LogP) is 3.56. The van der Waals surface area contributed by atoms with Gasteiger partial charge in [0.2, 0.25) is 0 Å². The summed E-state index contributed by atoms with van der Waals surface area (Å²) in [5, 5.41) is 0. The van der Waals surface area contributed by atoms with E-state index in [1.807, 2.05) is 6.20 Å². The second kappa shape index (κ2) is 4.92. The van der Waals surface area contributed by atoms with Gasteiger partial charge in [0.1, 0.15) is 11.6 Å². The summed E-state index contributed by atoms with van der Waals surface area (Å²) in [4.78, 5) is 7.62. The van der Waals surface area contributed by atoms with Gasteiger partial charge in [0.15, 0.2) is 0 Å². The number of halogens is 1. The van der Waals surface area contributed by atoms with Crippen molar-refractivity contribution in [3.8, 4) is 11.3 Å². The van der Waals surface area contributed by atoms with Gasteiger partial charge in [0.05, 0.1) is 5.69 Å². The summed E-state index contributed by atoms with van der Waals surface area (Å²) in [6.07, 6.45) is 5.14. The van der Waals surface area contributed by atoms with Crippen LogP contribution in [0.25, 0.3) is 11.3 Å². The Morgan fingerprint density at radius 3 is 2.69 bits per heavy atom. The molecule has 1 aromatic heterocycles. The average Bonchev–Trinajstić information content (AvgIpc) is 2.76. The highest BCUT2D eigenvalue weighted by molar-refractivity contribution is 5.58. The molecule has 0 saturated carbocycles. The highest BCUT2D eigenvalue weighted by atomic mass is 19.1. The summed E-state index contributed by atoms with van der Waals surface area (Å²) >= 11 is 0. The van der Waals surface area contributed by atoms with Crippen LogP contribution in [0.1, 0.15) is 25.6 Å². The maximum Gasteiger partial charge on any atom is 0.123 e. The fourth-order valence-corrected chi connectivity index (χ4v) is 1.60. The van der Waals surface area contributed by atoms with Gasteiger partial charge in [-0.1, -0.05) is 13.3 Å². The summed E-state index contributed by atoms with van der Waals surface area (Å²) in [5.41, 5.74) is 1.83. The van der Waals surface area contributed by atoms with E-state index in [1.165, 1.54) is 12.1 Å². The number of benzene rings is 1. The standard InChI is InChI=1S/C13H15FN2/c1-2-3-4-13-15-9-12(16-13)10-5-7-11(14)8-6-10/h5-9H,2-4H2,1H3,(H,15,16). The van der Waals surface area contributed by atoms with Crippen molar-refractivity contribution in [3.63, 3.8) is 0 Å². The SMILES string of the molecule is CCCCc1nc(-c2ccc(F)cc2)c[nH]1. The zero-order valence-corrected chi connectivity index (χ0v) is 9.33. The number of aromatic nitrogens is 2. The van der Waals surface area contributed by atoms with E-state index in [-0.39, 0.29) is 5.82 Å². The minimum absolute atomic E-state index is 0.217. The van der Waals surface area contributed by atoms with Crippen molar-refractivity contribution >= 4 is 0 Å². The van der Waals surface area contributed by atoms with Gasteiger partial charge in [-0.2, -0.15) is 0 Å². The van der Waals surface area contributed by atoms with Crippen LogP contribution in [0, 0.1) is 5.82 Å². The maximum absolute atomic E-state index is 12.7. The van der Waals surface area contributed by atoms with Crippen LogP contribution in [0.2, 0.25) is 0 Å². The van der Waals surface area contributed by atoms with Crippen molar-refractivity contribution in [3.05, 3.63) is 42.1 Å². The second-order valence-electron chi connectivity index (χ2n) is 3.84. The third-order valence-electron chi connectivity index (χ3n) is 2.54. The average molecular weight is 218 g/mol. The number of hydrogen-bond acceptors (Lipinski definition) is 1. The van der Waals surface area contributed by atoms with E-state index < -0.39 is 0 Å². The lowest BCUT2D eigenvalue weighted by Gasteiger charge is -1.95. The molecule has 2 rings (SSSR count). The molecular weight excluding hydrogens is 203 g/mol. The van der Waals surface area contributed by atoms with Gasteiger partial charge >= 0.3 is 0 Å². The van der Waals surface area contributed by atoms with Crippen molar-refractivity contribution in [2.24, 2.45) is 0 Å². The van der Waals surface area contributed by atoms with Gasteiger partial charge in [0, 0.05) is 18.2 Å². The molecule has 0 amide bonds. The molecule has 2 aromatic rings. The summed E-state index contributed by atoms with van der Waals surface area (Å²) in [6.45, 7) is 2.16. The molecule has 0 radical (unpaired) electrons. The molecule has 0 fully saturated rings. The van der Waals surface area contributed by atoms with E-state index >= 15 is 0 Å². The first-order chi connectivity index (χ1) is 7.79. The Morgan fingerprint density at radius 1 is 1.25 bits per heavy atom. The third kappa shape index (κ3) is 2.48. The van der Waals surface area contributed by atoms with Crippen LogP contribution < -0.4 is 0 Å². The number of imidazole rings is 1. The molecule has 0 aliphatic carbocycles. The highest BCUT2D eigenvalue weighted by Gasteiger charge is 2.03. The monoisotopic (exact) mass is 218 g/mol. The van der Waals surface area contributed by atoms with Crippen molar-refractivity contribution < 1.29 is 4.39 Å². The minimum Gasteiger partial charge on any atom is -0.348 e. The molecule has 0 bridgehead atoms. The van der Waals surface area contributed by atoms with Gasteiger partial charge < -0.3 is 4.98 Å². The topological polar surface area (TPSA) is 28.7 Å². The van der Waals surface area contributed by atoms with Gasteiger partial charge in [-0.05, 0) is 30.7 Å². The number of hydrogen-bond donors (Lipinski definition) is 1.